The molecule has 0 bridgehead atoms. The molecule has 0 fully saturated rings. The average molecular weight is 308 g/mol. The van der Waals surface area contributed by atoms with Gasteiger partial charge in [0.25, 0.3) is 11.6 Å². The molecule has 0 aliphatic carbocycles. The zero-order chi connectivity index (χ0) is 15.4. The Morgan fingerprint density at radius 1 is 1.57 bits per heavy atom. The van der Waals surface area contributed by atoms with Gasteiger partial charge < -0.3 is 4.74 Å². The first-order valence-corrected chi connectivity index (χ1v) is 6.72. The van der Waals surface area contributed by atoms with Crippen molar-refractivity contribution in [1.82, 2.24) is 10.4 Å². The normalized spacial score (nSPS) is 10.2. The lowest BCUT2D eigenvalue weighted by atomic mass is 10.2. The number of hydrogen-bond donors (Lipinski definition) is 2. The molecule has 1 aromatic heterocycles. The predicted molar refractivity (Wildman–Crippen MR) is 75.9 cm³/mol. The number of aryl methyl sites for hydroxylation is 1. The Bertz CT molecular complexity index is 686. The lowest BCUT2D eigenvalue weighted by molar-refractivity contribution is -0.385. The number of nitrogen functional groups attached to an aromatic ring is 1. The van der Waals surface area contributed by atoms with Gasteiger partial charge in [0, 0.05) is 11.4 Å². The highest BCUT2D eigenvalue weighted by molar-refractivity contribution is 7.11. The van der Waals surface area contributed by atoms with Crippen LogP contribution in [0.15, 0.2) is 23.6 Å². The fraction of sp³-hybridized carbons (Fsp3) is 0.167. The molecule has 0 aliphatic heterocycles. The van der Waals surface area contributed by atoms with Gasteiger partial charge in [-0.1, -0.05) is 0 Å². The van der Waals surface area contributed by atoms with Crippen LogP contribution in [-0.2, 0) is 6.61 Å². The second kappa shape index (κ2) is 6.29. The van der Waals surface area contributed by atoms with Gasteiger partial charge in [0.15, 0.2) is 5.01 Å². The molecule has 0 unspecified atom stereocenters. The van der Waals surface area contributed by atoms with Gasteiger partial charge in [-0.2, -0.15) is 0 Å². The van der Waals surface area contributed by atoms with Crippen molar-refractivity contribution in [2.24, 2.45) is 5.84 Å². The number of thiazole rings is 1. The van der Waals surface area contributed by atoms with E-state index in [0.29, 0.717) is 11.4 Å². The standard InChI is InChI=1S/C12H12N4O4S/c1-7-2-3-9(16(18)19)4-10(7)20-5-8-6-21-12(14-8)11(17)15-13/h2-4,6H,5,13H2,1H3,(H,15,17). The van der Waals surface area contributed by atoms with E-state index in [1.54, 1.807) is 18.4 Å². The van der Waals surface area contributed by atoms with Crippen LogP contribution in [0.4, 0.5) is 5.69 Å². The molecule has 3 N–H and O–H groups in total. The molecule has 9 heteroatoms. The first-order valence-electron chi connectivity index (χ1n) is 5.84. The molecule has 1 amide bonds. The van der Waals surface area contributed by atoms with E-state index < -0.39 is 10.8 Å². The van der Waals surface area contributed by atoms with E-state index in [4.69, 9.17) is 10.6 Å². The number of nitro benzene ring substituents is 1. The summed E-state index contributed by atoms with van der Waals surface area (Å²) in [5.41, 5.74) is 3.27. The van der Waals surface area contributed by atoms with Crippen LogP contribution in [0.25, 0.3) is 0 Å². The zero-order valence-electron chi connectivity index (χ0n) is 11.0. The molecule has 2 aromatic rings. The van der Waals surface area contributed by atoms with Crippen LogP contribution in [0.2, 0.25) is 0 Å². The summed E-state index contributed by atoms with van der Waals surface area (Å²) in [6.45, 7) is 1.89. The maximum absolute atomic E-state index is 11.3. The number of nitro groups is 1. The number of nitrogens with one attached hydrogen (secondary N) is 1. The third kappa shape index (κ3) is 3.52. The molecule has 0 spiro atoms. The van der Waals surface area contributed by atoms with Gasteiger partial charge in [0.2, 0.25) is 0 Å². The summed E-state index contributed by atoms with van der Waals surface area (Å²) < 4.78 is 5.52. The van der Waals surface area contributed by atoms with Crippen molar-refractivity contribution in [3.63, 3.8) is 0 Å². The number of benzene rings is 1. The van der Waals surface area contributed by atoms with Crippen LogP contribution >= 0.6 is 11.3 Å². The first-order chi connectivity index (χ1) is 10.0. The smallest absolute Gasteiger partial charge is 0.294 e. The van der Waals surface area contributed by atoms with Crippen molar-refractivity contribution >= 4 is 22.9 Å². The van der Waals surface area contributed by atoms with Crippen LogP contribution in [-0.4, -0.2) is 15.8 Å². The predicted octanol–water partition coefficient (Wildman–Crippen LogP) is 1.54. The SMILES string of the molecule is Cc1ccc([N+](=O)[O-])cc1OCc1csc(C(=O)NN)n1. The Hall–Kier alpha value is -2.52. The van der Waals surface area contributed by atoms with Crippen molar-refractivity contribution in [2.75, 3.05) is 0 Å². The van der Waals surface area contributed by atoms with Crippen LogP contribution < -0.4 is 16.0 Å². The molecule has 1 heterocycles. The molecule has 0 radical (unpaired) electrons. The monoisotopic (exact) mass is 308 g/mol. The molecule has 21 heavy (non-hydrogen) atoms. The van der Waals surface area contributed by atoms with Crippen molar-refractivity contribution in [3.05, 3.63) is 50.0 Å². The summed E-state index contributed by atoms with van der Waals surface area (Å²) in [4.78, 5) is 25.6. The van der Waals surface area contributed by atoms with Crippen molar-refractivity contribution in [2.45, 2.75) is 13.5 Å². The minimum atomic E-state index is -0.487. The van der Waals surface area contributed by atoms with Crippen molar-refractivity contribution < 1.29 is 14.5 Å². The van der Waals surface area contributed by atoms with Crippen LogP contribution in [0.1, 0.15) is 21.1 Å². The maximum atomic E-state index is 11.3. The number of hydrogen-bond acceptors (Lipinski definition) is 7. The fourth-order valence-electron chi connectivity index (χ4n) is 1.55. The highest BCUT2D eigenvalue weighted by Gasteiger charge is 2.12. The van der Waals surface area contributed by atoms with Gasteiger partial charge in [-0.25, -0.2) is 10.8 Å². The zero-order valence-corrected chi connectivity index (χ0v) is 11.8. The minimum Gasteiger partial charge on any atom is -0.487 e. The molecular weight excluding hydrogens is 296 g/mol. The number of ether oxygens (including phenoxy) is 1. The number of nitrogens with zero attached hydrogens (tertiary/aromatic N) is 2. The number of carbonyl (C=O) groups excluding carboxylic acids is 1. The number of hydrazine groups is 1. The second-order valence-electron chi connectivity index (χ2n) is 4.11. The molecule has 110 valence electrons. The van der Waals surface area contributed by atoms with Crippen molar-refractivity contribution in [3.8, 4) is 5.75 Å². The minimum absolute atomic E-state index is 0.0444. The van der Waals surface area contributed by atoms with Gasteiger partial charge in [-0.05, 0) is 18.6 Å². The quantitative estimate of drug-likeness (QED) is 0.374. The Balaban J connectivity index is 2.09. The van der Waals surface area contributed by atoms with Crippen molar-refractivity contribution in [1.29, 1.82) is 0 Å². The summed E-state index contributed by atoms with van der Waals surface area (Å²) in [5.74, 6) is 4.95. The van der Waals surface area contributed by atoms with E-state index in [9.17, 15) is 14.9 Å². The third-order valence-electron chi connectivity index (χ3n) is 2.64. The highest BCUT2D eigenvalue weighted by Crippen LogP contribution is 2.25. The molecule has 0 saturated heterocycles. The number of amides is 1. The molecule has 8 nitrogen and oxygen atoms in total. The fourth-order valence-corrected chi connectivity index (χ4v) is 2.25. The number of carbonyl (C=O) groups is 1. The molecule has 0 aliphatic rings. The summed E-state index contributed by atoms with van der Waals surface area (Å²) in [6, 6.07) is 4.38. The summed E-state index contributed by atoms with van der Waals surface area (Å²) in [6.07, 6.45) is 0. The van der Waals surface area contributed by atoms with Crippen LogP contribution in [0.3, 0.4) is 0 Å². The lowest BCUT2D eigenvalue weighted by Gasteiger charge is -2.07. The Morgan fingerprint density at radius 2 is 2.33 bits per heavy atom. The van der Waals surface area contributed by atoms with Gasteiger partial charge in [0.05, 0.1) is 16.7 Å². The maximum Gasteiger partial charge on any atom is 0.294 e. The van der Waals surface area contributed by atoms with Gasteiger partial charge in [0.1, 0.15) is 12.4 Å². The summed E-state index contributed by atoms with van der Waals surface area (Å²) in [7, 11) is 0. The van der Waals surface area contributed by atoms with Gasteiger partial charge in [-0.15, -0.1) is 11.3 Å². The largest absolute Gasteiger partial charge is 0.487 e. The van der Waals surface area contributed by atoms with Crippen LogP contribution in [0.5, 0.6) is 5.75 Å². The molecule has 0 saturated carbocycles. The van der Waals surface area contributed by atoms with Gasteiger partial charge in [-0.3, -0.25) is 20.3 Å². The highest BCUT2D eigenvalue weighted by atomic mass is 32.1. The number of aromatic nitrogens is 1. The Labute approximate surface area is 123 Å². The Kier molecular flexibility index (Phi) is 4.45. The number of rotatable bonds is 5. The summed E-state index contributed by atoms with van der Waals surface area (Å²) >= 11 is 1.14. The lowest BCUT2D eigenvalue weighted by Crippen LogP contribution is -2.29. The van der Waals surface area contributed by atoms with Crippen LogP contribution in [0, 0.1) is 17.0 Å². The number of non-ortho nitro benzene ring substituents is 1. The van der Waals surface area contributed by atoms with Gasteiger partial charge >= 0.3 is 0 Å². The second-order valence-corrected chi connectivity index (χ2v) is 4.97. The third-order valence-corrected chi connectivity index (χ3v) is 3.53. The topological polar surface area (TPSA) is 120 Å². The van der Waals surface area contributed by atoms with E-state index in [1.165, 1.54) is 12.1 Å². The van der Waals surface area contributed by atoms with E-state index in [2.05, 4.69) is 4.98 Å². The molecular formula is C12H12N4O4S. The molecule has 1 aromatic carbocycles. The van der Waals surface area contributed by atoms with E-state index in [1.807, 2.05) is 5.43 Å². The summed E-state index contributed by atoms with van der Waals surface area (Å²) in [5, 5.41) is 12.6. The van der Waals surface area contributed by atoms with E-state index in [-0.39, 0.29) is 17.3 Å². The molecule has 2 rings (SSSR count). The Morgan fingerprint density at radius 3 is 3.00 bits per heavy atom. The first kappa shape index (κ1) is 14.9. The van der Waals surface area contributed by atoms with E-state index in [0.717, 1.165) is 16.9 Å². The molecule has 0 atom stereocenters. The number of nitrogens with two attached hydrogens (primary N) is 1. The average Bonchev–Trinajstić information content (AvgIpc) is 2.94. The van der Waals surface area contributed by atoms with E-state index >= 15 is 0 Å².